The van der Waals surface area contributed by atoms with Crippen LogP contribution in [0.15, 0.2) is 10.7 Å². The first kappa shape index (κ1) is 15.7. The van der Waals surface area contributed by atoms with Crippen molar-refractivity contribution in [3.8, 4) is 0 Å². The lowest BCUT2D eigenvalue weighted by Gasteiger charge is -2.07. The molecule has 102 valence electrons. The average Bonchev–Trinajstić information content (AvgIpc) is 2.32. The van der Waals surface area contributed by atoms with Crippen LogP contribution >= 0.6 is 27.5 Å². The van der Waals surface area contributed by atoms with Gasteiger partial charge in [-0.1, -0.05) is 39.5 Å². The van der Waals surface area contributed by atoms with Crippen LogP contribution in [0.1, 0.15) is 46.0 Å². The zero-order chi connectivity index (χ0) is 13.4. The van der Waals surface area contributed by atoms with Crippen molar-refractivity contribution in [1.82, 2.24) is 9.97 Å². The second-order valence-electron chi connectivity index (χ2n) is 4.86. The van der Waals surface area contributed by atoms with Crippen molar-refractivity contribution < 1.29 is 0 Å². The molecule has 0 aliphatic carbocycles. The summed E-state index contributed by atoms with van der Waals surface area (Å²) >= 11 is 9.14. The van der Waals surface area contributed by atoms with E-state index in [2.05, 4.69) is 45.1 Å². The minimum atomic E-state index is 0.276. The zero-order valence-electron chi connectivity index (χ0n) is 11.0. The van der Waals surface area contributed by atoms with E-state index in [1.54, 1.807) is 6.20 Å². The van der Waals surface area contributed by atoms with Crippen molar-refractivity contribution in [3.63, 3.8) is 0 Å². The fourth-order valence-electron chi connectivity index (χ4n) is 1.71. The molecule has 5 heteroatoms. The number of hydrogen-bond acceptors (Lipinski definition) is 3. The highest BCUT2D eigenvalue weighted by Crippen LogP contribution is 2.20. The summed E-state index contributed by atoms with van der Waals surface area (Å²) in [5.74, 6) is 1.60. The van der Waals surface area contributed by atoms with Crippen LogP contribution in [0.5, 0.6) is 0 Å². The Morgan fingerprint density at radius 3 is 2.72 bits per heavy atom. The Kier molecular flexibility index (Phi) is 7.59. The molecule has 0 saturated heterocycles. The molecule has 0 fully saturated rings. The summed E-state index contributed by atoms with van der Waals surface area (Å²) in [7, 11) is 0. The number of aromatic nitrogens is 2. The molecule has 1 N–H and O–H groups in total. The summed E-state index contributed by atoms with van der Waals surface area (Å²) < 4.78 is 0.853. The molecule has 0 unspecified atom stereocenters. The van der Waals surface area contributed by atoms with Gasteiger partial charge in [0.25, 0.3) is 0 Å². The van der Waals surface area contributed by atoms with Crippen molar-refractivity contribution in [2.75, 3.05) is 11.9 Å². The third-order valence-corrected chi connectivity index (χ3v) is 3.48. The van der Waals surface area contributed by atoms with Gasteiger partial charge in [-0.3, -0.25) is 0 Å². The number of anilines is 1. The number of rotatable bonds is 8. The summed E-state index contributed by atoms with van der Waals surface area (Å²) in [6, 6.07) is 0. The first-order valence-electron chi connectivity index (χ1n) is 6.51. The zero-order valence-corrected chi connectivity index (χ0v) is 13.4. The van der Waals surface area contributed by atoms with Crippen LogP contribution in [-0.2, 0) is 0 Å². The number of hydrogen-bond donors (Lipinski definition) is 1. The Morgan fingerprint density at radius 1 is 1.28 bits per heavy atom. The maximum atomic E-state index is 5.74. The molecule has 0 atom stereocenters. The molecule has 0 aliphatic heterocycles. The fourth-order valence-corrected chi connectivity index (χ4v) is 2.17. The first-order chi connectivity index (χ1) is 8.59. The van der Waals surface area contributed by atoms with E-state index in [0.29, 0.717) is 0 Å². The third kappa shape index (κ3) is 6.55. The molecule has 0 radical (unpaired) electrons. The second-order valence-corrected chi connectivity index (χ2v) is 6.05. The number of nitrogens with one attached hydrogen (secondary N) is 1. The summed E-state index contributed by atoms with van der Waals surface area (Å²) in [4.78, 5) is 8.02. The van der Waals surface area contributed by atoms with E-state index >= 15 is 0 Å². The van der Waals surface area contributed by atoms with Gasteiger partial charge < -0.3 is 5.32 Å². The predicted octanol–water partition coefficient (Wildman–Crippen LogP) is 4.91. The van der Waals surface area contributed by atoms with E-state index in [1.807, 2.05) is 0 Å². The van der Waals surface area contributed by atoms with E-state index in [1.165, 1.54) is 25.7 Å². The number of unbranched alkanes of at least 4 members (excludes halogenated alkanes) is 3. The average molecular weight is 335 g/mol. The van der Waals surface area contributed by atoms with Crippen LogP contribution in [0, 0.1) is 5.92 Å². The molecule has 18 heavy (non-hydrogen) atoms. The minimum Gasteiger partial charge on any atom is -0.369 e. The molecule has 0 saturated carbocycles. The van der Waals surface area contributed by atoms with Gasteiger partial charge in [0.15, 0.2) is 0 Å². The smallest absolute Gasteiger partial charge is 0.224 e. The molecule has 1 rings (SSSR count). The van der Waals surface area contributed by atoms with Gasteiger partial charge in [0.2, 0.25) is 5.28 Å². The van der Waals surface area contributed by atoms with Crippen molar-refractivity contribution in [2.45, 2.75) is 46.0 Å². The van der Waals surface area contributed by atoms with E-state index in [0.717, 1.165) is 29.2 Å². The fraction of sp³-hybridized carbons (Fsp3) is 0.692. The Morgan fingerprint density at radius 2 is 2.00 bits per heavy atom. The topological polar surface area (TPSA) is 37.8 Å². The van der Waals surface area contributed by atoms with Crippen molar-refractivity contribution in [2.24, 2.45) is 5.92 Å². The molecule has 1 aromatic rings. The highest BCUT2D eigenvalue weighted by molar-refractivity contribution is 9.10. The van der Waals surface area contributed by atoms with E-state index in [-0.39, 0.29) is 5.28 Å². The summed E-state index contributed by atoms with van der Waals surface area (Å²) in [5, 5.41) is 3.55. The van der Waals surface area contributed by atoms with Crippen molar-refractivity contribution in [1.29, 1.82) is 0 Å². The van der Waals surface area contributed by atoms with Gasteiger partial charge in [0.1, 0.15) is 5.82 Å². The van der Waals surface area contributed by atoms with E-state index in [4.69, 9.17) is 11.6 Å². The summed E-state index contributed by atoms with van der Waals surface area (Å²) in [6.07, 6.45) is 8.06. The van der Waals surface area contributed by atoms with Gasteiger partial charge >= 0.3 is 0 Å². The Hall–Kier alpha value is -0.350. The third-order valence-electron chi connectivity index (χ3n) is 2.72. The second kappa shape index (κ2) is 8.70. The number of nitrogens with zero attached hydrogens (tertiary/aromatic N) is 2. The molecule has 0 aromatic carbocycles. The summed E-state index contributed by atoms with van der Waals surface area (Å²) in [6.45, 7) is 5.48. The van der Waals surface area contributed by atoms with Gasteiger partial charge in [-0.2, -0.15) is 4.98 Å². The largest absolute Gasteiger partial charge is 0.369 e. The molecular weight excluding hydrogens is 314 g/mol. The monoisotopic (exact) mass is 333 g/mol. The highest BCUT2D eigenvalue weighted by atomic mass is 79.9. The minimum absolute atomic E-state index is 0.276. The van der Waals surface area contributed by atoms with Gasteiger partial charge in [0, 0.05) is 12.7 Å². The Bertz CT molecular complexity index is 358. The standard InChI is InChI=1S/C13H21BrClN3/c1-10(2)7-5-3-4-6-8-16-12-11(14)9-17-13(15)18-12/h9-10H,3-8H2,1-2H3,(H,16,17,18). The van der Waals surface area contributed by atoms with Crippen LogP contribution in [-0.4, -0.2) is 16.5 Å². The van der Waals surface area contributed by atoms with Crippen LogP contribution in [0.4, 0.5) is 5.82 Å². The molecule has 0 bridgehead atoms. The maximum absolute atomic E-state index is 5.74. The Labute approximate surface area is 123 Å². The van der Waals surface area contributed by atoms with Crippen LogP contribution in [0.2, 0.25) is 5.28 Å². The summed E-state index contributed by atoms with van der Waals surface area (Å²) in [5.41, 5.74) is 0. The molecule has 3 nitrogen and oxygen atoms in total. The van der Waals surface area contributed by atoms with Gasteiger partial charge in [-0.05, 0) is 39.9 Å². The molecule has 1 aromatic heterocycles. The lowest BCUT2D eigenvalue weighted by Crippen LogP contribution is -2.04. The van der Waals surface area contributed by atoms with Crippen LogP contribution in [0.25, 0.3) is 0 Å². The molecular formula is C13H21BrClN3. The van der Waals surface area contributed by atoms with E-state index < -0.39 is 0 Å². The first-order valence-corrected chi connectivity index (χ1v) is 7.68. The van der Waals surface area contributed by atoms with Crippen molar-refractivity contribution in [3.05, 3.63) is 16.0 Å². The number of halogens is 2. The molecule has 1 heterocycles. The predicted molar refractivity (Wildman–Crippen MR) is 81.2 cm³/mol. The van der Waals surface area contributed by atoms with Gasteiger partial charge in [-0.15, -0.1) is 0 Å². The SMILES string of the molecule is CC(C)CCCCCCNc1nc(Cl)ncc1Br. The maximum Gasteiger partial charge on any atom is 0.224 e. The Balaban J connectivity index is 2.12. The van der Waals surface area contributed by atoms with E-state index in [9.17, 15) is 0 Å². The van der Waals surface area contributed by atoms with Crippen LogP contribution < -0.4 is 5.32 Å². The quantitative estimate of drug-likeness (QED) is 0.542. The molecule has 0 spiro atoms. The lowest BCUT2D eigenvalue weighted by molar-refractivity contribution is 0.523. The molecule has 0 amide bonds. The van der Waals surface area contributed by atoms with Crippen LogP contribution in [0.3, 0.4) is 0 Å². The van der Waals surface area contributed by atoms with Crippen molar-refractivity contribution >= 4 is 33.3 Å². The highest BCUT2D eigenvalue weighted by Gasteiger charge is 2.02. The van der Waals surface area contributed by atoms with Gasteiger partial charge in [0.05, 0.1) is 4.47 Å². The normalized spacial score (nSPS) is 10.9. The van der Waals surface area contributed by atoms with Gasteiger partial charge in [-0.25, -0.2) is 4.98 Å². The molecule has 0 aliphatic rings. The lowest BCUT2D eigenvalue weighted by atomic mass is 10.0.